The molecule has 156 valence electrons. The molecule has 0 spiro atoms. The number of halogens is 3. The van der Waals surface area contributed by atoms with Crippen molar-refractivity contribution in [2.45, 2.75) is 5.92 Å². The monoisotopic (exact) mass is 602 g/mol. The Morgan fingerprint density at radius 2 is 1.61 bits per heavy atom. The summed E-state index contributed by atoms with van der Waals surface area (Å²) in [5.74, 6) is 0.322. The van der Waals surface area contributed by atoms with E-state index >= 15 is 0 Å². The SMILES string of the molecule is Brc1c[c-]c2c(c1)C=C1C=CN=CC12.[Cl][Zr][Cl].[SH-].c1ccc2c(c1)[cH-]c1ccccc12. The number of benzene rings is 3. The topological polar surface area (TPSA) is 12.4 Å². The second kappa shape index (κ2) is 11.7. The maximum atomic E-state index is 4.93. The molecule has 31 heavy (non-hydrogen) atoms. The molecule has 0 fully saturated rings. The van der Waals surface area contributed by atoms with Crippen LogP contribution in [0.15, 0.2) is 94.0 Å². The summed E-state index contributed by atoms with van der Waals surface area (Å²) in [6, 6.07) is 26.7. The fourth-order valence-electron chi connectivity index (χ4n) is 3.80. The number of rotatable bonds is 0. The molecule has 0 saturated heterocycles. The van der Waals surface area contributed by atoms with Gasteiger partial charge in [0.1, 0.15) is 0 Å². The maximum absolute atomic E-state index is 4.93. The summed E-state index contributed by atoms with van der Waals surface area (Å²) in [4.78, 5) is 4.16. The van der Waals surface area contributed by atoms with Crippen molar-refractivity contribution in [1.29, 1.82) is 0 Å². The molecular formula is C25H17BrCl2NSZr-3. The average Bonchev–Trinajstić information content (AvgIpc) is 3.32. The Labute approximate surface area is 216 Å². The Bertz CT molecular complexity index is 1230. The summed E-state index contributed by atoms with van der Waals surface area (Å²) in [5, 5.41) is 5.39. The number of fused-ring (bicyclic) bond motifs is 6. The molecule has 0 N–H and O–H groups in total. The summed E-state index contributed by atoms with van der Waals surface area (Å²) in [5.41, 5.74) is 3.79. The summed E-state index contributed by atoms with van der Waals surface area (Å²) < 4.78 is 1.08. The molecule has 4 aromatic rings. The van der Waals surface area contributed by atoms with Crippen LogP contribution in [0.3, 0.4) is 0 Å². The number of nitrogens with zero attached hydrogens (tertiary/aromatic N) is 1. The fraction of sp³-hybridized carbons (Fsp3) is 0.0400. The molecule has 0 saturated carbocycles. The van der Waals surface area contributed by atoms with E-state index in [4.69, 9.17) is 17.0 Å². The number of thiol groups is 1. The van der Waals surface area contributed by atoms with E-state index in [1.54, 1.807) is 0 Å². The van der Waals surface area contributed by atoms with E-state index in [1.165, 1.54) is 38.2 Å². The molecule has 0 bridgehead atoms. The Morgan fingerprint density at radius 3 is 2.26 bits per heavy atom. The number of hydrogen-bond acceptors (Lipinski definition) is 2. The van der Waals surface area contributed by atoms with Crippen LogP contribution in [0.1, 0.15) is 17.0 Å². The summed E-state index contributed by atoms with van der Waals surface area (Å²) in [6.07, 6.45) is 8.07. The molecule has 0 radical (unpaired) electrons. The minimum Gasteiger partial charge on any atom is -0.813 e. The van der Waals surface area contributed by atoms with Gasteiger partial charge in [-0.15, -0.1) is 72.9 Å². The molecule has 1 aliphatic heterocycles. The minimum atomic E-state index is -0.826. The quantitative estimate of drug-likeness (QED) is 0.112. The Kier molecular flexibility index (Phi) is 9.31. The van der Waals surface area contributed by atoms with Crippen LogP contribution in [-0.4, -0.2) is 6.21 Å². The van der Waals surface area contributed by atoms with Gasteiger partial charge >= 0.3 is 37.9 Å². The molecule has 1 nitrogen and oxygen atoms in total. The Hall–Kier alpha value is -1.03. The van der Waals surface area contributed by atoms with Crippen molar-refractivity contribution in [3.63, 3.8) is 0 Å². The van der Waals surface area contributed by atoms with Gasteiger partial charge in [0.2, 0.25) is 0 Å². The van der Waals surface area contributed by atoms with E-state index in [-0.39, 0.29) is 13.5 Å². The van der Waals surface area contributed by atoms with Gasteiger partial charge in [-0.3, -0.25) is 4.99 Å². The van der Waals surface area contributed by atoms with Crippen LogP contribution < -0.4 is 0 Å². The van der Waals surface area contributed by atoms with Crippen molar-refractivity contribution in [2.24, 2.45) is 4.99 Å². The predicted molar refractivity (Wildman–Crippen MR) is 139 cm³/mol. The number of allylic oxidation sites excluding steroid dienone is 2. The average molecular weight is 606 g/mol. The smallest absolute Gasteiger partial charge is 0.0771 e. The largest absolute Gasteiger partial charge is 0.813 e. The van der Waals surface area contributed by atoms with E-state index in [0.717, 1.165) is 4.47 Å². The molecule has 1 aliphatic carbocycles. The van der Waals surface area contributed by atoms with Crippen molar-refractivity contribution in [1.82, 2.24) is 0 Å². The molecule has 1 unspecified atom stereocenters. The first-order valence-electron chi connectivity index (χ1n) is 9.33. The van der Waals surface area contributed by atoms with Crippen molar-refractivity contribution in [3.05, 3.63) is 106 Å². The first kappa shape index (κ1) is 24.6. The van der Waals surface area contributed by atoms with Crippen molar-refractivity contribution in [2.75, 3.05) is 0 Å². The van der Waals surface area contributed by atoms with E-state index in [1.807, 2.05) is 18.5 Å². The zero-order valence-corrected chi connectivity index (χ0v) is 22.7. The normalized spacial score (nSPS) is 14.9. The van der Waals surface area contributed by atoms with E-state index in [2.05, 4.69) is 99.8 Å². The van der Waals surface area contributed by atoms with Gasteiger partial charge in [0.05, 0.1) is 0 Å². The zero-order valence-electron chi connectivity index (χ0n) is 16.3. The second-order valence-electron chi connectivity index (χ2n) is 6.81. The maximum Gasteiger partial charge on any atom is -0.0771 e. The molecule has 0 amide bonds. The first-order chi connectivity index (χ1) is 14.7. The summed E-state index contributed by atoms with van der Waals surface area (Å²) in [6.45, 7) is 0. The zero-order chi connectivity index (χ0) is 20.9. The van der Waals surface area contributed by atoms with Crippen molar-refractivity contribution < 1.29 is 20.8 Å². The Balaban J connectivity index is 0.000000152. The van der Waals surface area contributed by atoms with Gasteiger partial charge in [0, 0.05) is 18.3 Å². The Morgan fingerprint density at radius 1 is 1.00 bits per heavy atom. The summed E-state index contributed by atoms with van der Waals surface area (Å²) in [7, 11) is 9.87. The fourth-order valence-corrected chi connectivity index (χ4v) is 4.16. The summed E-state index contributed by atoms with van der Waals surface area (Å²) >= 11 is 2.63. The van der Waals surface area contributed by atoms with Crippen molar-refractivity contribution >= 4 is 80.3 Å². The molecule has 1 atom stereocenters. The van der Waals surface area contributed by atoms with Gasteiger partial charge < -0.3 is 13.5 Å². The van der Waals surface area contributed by atoms with Gasteiger partial charge in [-0.25, -0.2) is 0 Å². The van der Waals surface area contributed by atoms with Crippen molar-refractivity contribution in [3.8, 4) is 0 Å². The van der Waals surface area contributed by atoms with Gasteiger partial charge in [0.15, 0.2) is 0 Å². The van der Waals surface area contributed by atoms with E-state index in [0.29, 0.717) is 5.92 Å². The van der Waals surface area contributed by atoms with Crippen LogP contribution in [0.2, 0.25) is 0 Å². The third-order valence-corrected chi connectivity index (χ3v) is 5.53. The number of hydrogen-bond donors (Lipinski definition) is 0. The van der Waals surface area contributed by atoms with Crippen LogP contribution in [-0.2, 0) is 34.3 Å². The van der Waals surface area contributed by atoms with Gasteiger partial charge in [-0.05, 0) is 11.6 Å². The third kappa shape index (κ3) is 5.67. The van der Waals surface area contributed by atoms with Crippen LogP contribution in [0, 0.1) is 6.07 Å². The molecule has 6 rings (SSSR count). The standard InChI is InChI=1S/C13H9.C12H7BrN.2ClH.H2S.Zr/c1-3-7-12-10(5-1)9-11-6-2-4-8-13(11)12;13-10-1-2-11-9(6-10)5-8-3-4-14-7-12(8)11;;;;/h1-9H;1,3-7,12H;2*1H;1H2;/q2*-1;;;;+2/p-3. The van der Waals surface area contributed by atoms with Crippen LogP contribution in [0.4, 0.5) is 0 Å². The molecule has 0 aromatic heterocycles. The predicted octanol–water partition coefficient (Wildman–Crippen LogP) is 8.15. The van der Waals surface area contributed by atoms with Crippen LogP contribution in [0.25, 0.3) is 27.6 Å². The molecular weight excluding hydrogens is 588 g/mol. The van der Waals surface area contributed by atoms with Crippen LogP contribution >= 0.6 is 33.0 Å². The minimum absolute atomic E-state index is 0. The van der Waals surface area contributed by atoms with Gasteiger partial charge in [0.25, 0.3) is 0 Å². The molecule has 6 heteroatoms. The van der Waals surface area contributed by atoms with Crippen LogP contribution in [0.5, 0.6) is 0 Å². The molecule has 2 aliphatic rings. The third-order valence-electron chi connectivity index (χ3n) is 5.07. The molecule has 1 heterocycles. The van der Waals surface area contributed by atoms with E-state index < -0.39 is 20.8 Å². The van der Waals surface area contributed by atoms with E-state index in [9.17, 15) is 0 Å². The first-order valence-corrected chi connectivity index (χ1v) is 16.5. The van der Waals surface area contributed by atoms with Gasteiger partial charge in [-0.2, -0.15) is 18.2 Å². The second-order valence-corrected chi connectivity index (χ2v) is 11.5. The molecule has 4 aromatic carbocycles. The number of aliphatic imine (C=N–C) groups is 1. The van der Waals surface area contributed by atoms with Gasteiger partial charge in [-0.1, -0.05) is 40.9 Å².